The maximum absolute atomic E-state index is 5.38. The first-order valence-corrected chi connectivity index (χ1v) is 3.48. The van der Waals surface area contributed by atoms with Crippen LogP contribution in [0.4, 0.5) is 0 Å². The highest BCUT2D eigenvalue weighted by Gasteiger charge is 2.11. The summed E-state index contributed by atoms with van der Waals surface area (Å²) in [4.78, 5) is 0. The monoisotopic (exact) mass is 202 g/mol. The van der Waals surface area contributed by atoms with E-state index in [2.05, 4.69) is 5.43 Å². The molecule has 0 amide bonds. The van der Waals surface area contributed by atoms with Crippen LogP contribution in [0.2, 0.25) is 0 Å². The van der Waals surface area contributed by atoms with E-state index in [-0.39, 0.29) is 24.8 Å². The quantitative estimate of drug-likeness (QED) is 0.517. The summed E-state index contributed by atoms with van der Waals surface area (Å²) in [5, 5.41) is 0. The summed E-state index contributed by atoms with van der Waals surface area (Å²) in [7, 11) is 0. The van der Waals surface area contributed by atoms with Gasteiger partial charge < -0.3 is 4.74 Å². The lowest BCUT2D eigenvalue weighted by Gasteiger charge is -2.21. The number of nitrogens with one attached hydrogen (secondary N) is 1. The van der Waals surface area contributed by atoms with Gasteiger partial charge in [-0.3, -0.25) is 11.3 Å². The first kappa shape index (κ1) is 14.0. The lowest BCUT2D eigenvalue weighted by Crippen LogP contribution is -2.35. The van der Waals surface area contributed by atoms with Crippen molar-refractivity contribution in [2.45, 2.75) is 25.4 Å². The largest absolute Gasteiger partial charge is 0.377 e. The Morgan fingerprint density at radius 3 is 2.55 bits per heavy atom. The van der Waals surface area contributed by atoms with Crippen molar-refractivity contribution in [2.24, 2.45) is 5.84 Å². The minimum absolute atomic E-state index is 0. The molecule has 1 heterocycles. The van der Waals surface area contributed by atoms with E-state index < -0.39 is 0 Å². The van der Waals surface area contributed by atoms with Gasteiger partial charge in [0, 0.05) is 13.2 Å². The van der Waals surface area contributed by atoms with E-state index in [0.29, 0.717) is 6.10 Å². The molecular formula is C6H16Cl2N2O. The number of nitrogens with two attached hydrogens (primary N) is 1. The number of ether oxygens (including phenoxy) is 1. The third-order valence-electron chi connectivity index (χ3n) is 1.62. The number of hydrogen-bond donors (Lipinski definition) is 2. The molecule has 1 unspecified atom stereocenters. The van der Waals surface area contributed by atoms with Crippen LogP contribution >= 0.6 is 24.8 Å². The predicted octanol–water partition coefficient (Wildman–Crippen LogP) is 0.862. The molecule has 3 nitrogen and oxygen atoms in total. The van der Waals surface area contributed by atoms with E-state index in [1.165, 1.54) is 12.8 Å². The Balaban J connectivity index is 0. The molecule has 0 bridgehead atoms. The molecule has 1 aliphatic heterocycles. The van der Waals surface area contributed by atoms with E-state index in [9.17, 15) is 0 Å². The van der Waals surface area contributed by atoms with Gasteiger partial charge in [0.15, 0.2) is 0 Å². The van der Waals surface area contributed by atoms with Gasteiger partial charge in [-0.1, -0.05) is 0 Å². The predicted molar refractivity (Wildman–Crippen MR) is 50.3 cm³/mol. The summed E-state index contributed by atoms with van der Waals surface area (Å²) < 4.78 is 5.38. The fraction of sp³-hybridized carbons (Fsp3) is 1.00. The topological polar surface area (TPSA) is 47.3 Å². The molecule has 1 rings (SSSR count). The molecule has 0 aromatic carbocycles. The number of hydrogen-bond acceptors (Lipinski definition) is 3. The fourth-order valence-corrected chi connectivity index (χ4v) is 1.10. The highest BCUT2D eigenvalue weighted by molar-refractivity contribution is 5.85. The Labute approximate surface area is 79.8 Å². The van der Waals surface area contributed by atoms with E-state index in [0.717, 1.165) is 19.6 Å². The van der Waals surface area contributed by atoms with Crippen molar-refractivity contribution in [3.05, 3.63) is 0 Å². The average molecular weight is 203 g/mol. The van der Waals surface area contributed by atoms with Gasteiger partial charge >= 0.3 is 0 Å². The van der Waals surface area contributed by atoms with Crippen molar-refractivity contribution in [1.29, 1.82) is 0 Å². The molecule has 1 saturated heterocycles. The second kappa shape index (κ2) is 8.56. The van der Waals surface area contributed by atoms with Gasteiger partial charge in [0.1, 0.15) is 0 Å². The Morgan fingerprint density at radius 1 is 1.36 bits per heavy atom. The highest BCUT2D eigenvalue weighted by Crippen LogP contribution is 2.10. The molecule has 3 N–H and O–H groups in total. The Hall–Kier alpha value is 0.460. The third-order valence-corrected chi connectivity index (χ3v) is 1.62. The molecule has 0 saturated carbocycles. The van der Waals surface area contributed by atoms with Crippen LogP contribution in [0.5, 0.6) is 0 Å². The second-order valence-electron chi connectivity index (χ2n) is 2.40. The van der Waals surface area contributed by atoms with Gasteiger partial charge in [-0.15, -0.1) is 24.8 Å². The minimum Gasteiger partial charge on any atom is -0.377 e. The van der Waals surface area contributed by atoms with Crippen LogP contribution in [0.1, 0.15) is 19.3 Å². The molecule has 5 heteroatoms. The standard InChI is InChI=1S/C6H14N2O.2ClH/c7-8-5-6-3-1-2-4-9-6;;/h6,8H,1-5,7H2;2*1H. The van der Waals surface area contributed by atoms with Gasteiger partial charge in [-0.2, -0.15) is 0 Å². The molecule has 0 aliphatic carbocycles. The summed E-state index contributed by atoms with van der Waals surface area (Å²) in [6.07, 6.45) is 4.01. The van der Waals surface area contributed by atoms with Crippen LogP contribution in [0.3, 0.4) is 0 Å². The van der Waals surface area contributed by atoms with E-state index in [4.69, 9.17) is 10.6 Å². The van der Waals surface area contributed by atoms with Gasteiger partial charge in [-0.05, 0) is 19.3 Å². The maximum Gasteiger partial charge on any atom is 0.0713 e. The van der Waals surface area contributed by atoms with Crippen molar-refractivity contribution in [3.63, 3.8) is 0 Å². The normalized spacial score (nSPS) is 23.2. The zero-order chi connectivity index (χ0) is 6.53. The lowest BCUT2D eigenvalue weighted by molar-refractivity contribution is 0.0171. The molecule has 1 aliphatic rings. The zero-order valence-corrected chi connectivity index (χ0v) is 8.05. The van der Waals surface area contributed by atoms with E-state index in [1.54, 1.807) is 0 Å². The van der Waals surface area contributed by atoms with Crippen LogP contribution in [-0.4, -0.2) is 19.3 Å². The van der Waals surface area contributed by atoms with Crippen molar-refractivity contribution in [1.82, 2.24) is 5.43 Å². The summed E-state index contributed by atoms with van der Waals surface area (Å²) in [5.41, 5.74) is 2.61. The Kier molecular flexibility index (Phi) is 10.9. The third kappa shape index (κ3) is 5.70. The van der Waals surface area contributed by atoms with Crippen LogP contribution < -0.4 is 11.3 Å². The smallest absolute Gasteiger partial charge is 0.0713 e. The highest BCUT2D eigenvalue weighted by atomic mass is 35.5. The van der Waals surface area contributed by atoms with Crippen LogP contribution in [-0.2, 0) is 4.74 Å². The molecule has 1 fully saturated rings. The zero-order valence-electron chi connectivity index (χ0n) is 6.41. The number of halogens is 2. The molecular weight excluding hydrogens is 187 g/mol. The maximum atomic E-state index is 5.38. The Bertz CT molecular complexity index is 76.2. The van der Waals surface area contributed by atoms with Crippen molar-refractivity contribution in [3.8, 4) is 0 Å². The first-order chi connectivity index (χ1) is 4.43. The van der Waals surface area contributed by atoms with Gasteiger partial charge in [0.2, 0.25) is 0 Å². The second-order valence-corrected chi connectivity index (χ2v) is 2.40. The van der Waals surface area contributed by atoms with E-state index in [1.807, 2.05) is 0 Å². The van der Waals surface area contributed by atoms with E-state index >= 15 is 0 Å². The number of hydrazine groups is 1. The molecule has 0 aromatic rings. The SMILES string of the molecule is Cl.Cl.NNCC1CCCCO1. The van der Waals surface area contributed by atoms with Gasteiger partial charge in [0.25, 0.3) is 0 Å². The first-order valence-electron chi connectivity index (χ1n) is 3.48. The number of rotatable bonds is 2. The molecule has 0 radical (unpaired) electrons. The summed E-state index contributed by atoms with van der Waals surface area (Å²) in [6, 6.07) is 0. The van der Waals surface area contributed by atoms with Crippen LogP contribution in [0, 0.1) is 0 Å². The van der Waals surface area contributed by atoms with Crippen LogP contribution in [0.15, 0.2) is 0 Å². The van der Waals surface area contributed by atoms with Gasteiger partial charge in [0.05, 0.1) is 6.10 Å². The molecule has 70 valence electrons. The summed E-state index contributed by atoms with van der Waals surface area (Å²) in [6.45, 7) is 1.70. The van der Waals surface area contributed by atoms with Crippen molar-refractivity contribution in [2.75, 3.05) is 13.2 Å². The van der Waals surface area contributed by atoms with Crippen LogP contribution in [0.25, 0.3) is 0 Å². The van der Waals surface area contributed by atoms with Gasteiger partial charge in [-0.25, -0.2) is 0 Å². The molecule has 1 atom stereocenters. The van der Waals surface area contributed by atoms with Crippen molar-refractivity contribution >= 4 is 24.8 Å². The lowest BCUT2D eigenvalue weighted by atomic mass is 10.1. The molecule has 0 spiro atoms. The Morgan fingerprint density at radius 2 is 2.09 bits per heavy atom. The molecule has 0 aromatic heterocycles. The minimum atomic E-state index is 0. The summed E-state index contributed by atoms with van der Waals surface area (Å²) in [5.74, 6) is 5.13. The molecule has 11 heavy (non-hydrogen) atoms. The summed E-state index contributed by atoms with van der Waals surface area (Å²) >= 11 is 0. The average Bonchev–Trinajstić information content (AvgIpc) is 1.91. The fourth-order valence-electron chi connectivity index (χ4n) is 1.10. The van der Waals surface area contributed by atoms with Crippen molar-refractivity contribution < 1.29 is 4.74 Å².